The van der Waals surface area contributed by atoms with Crippen molar-refractivity contribution in [1.82, 2.24) is 4.90 Å². The number of halogens is 1. The van der Waals surface area contributed by atoms with Gasteiger partial charge in [-0.3, -0.25) is 4.79 Å². The smallest absolute Gasteiger partial charge is 0.233 e. The molecule has 1 saturated carbocycles. The van der Waals surface area contributed by atoms with Crippen LogP contribution in [0.2, 0.25) is 0 Å². The van der Waals surface area contributed by atoms with Gasteiger partial charge in [0, 0.05) is 13.6 Å². The van der Waals surface area contributed by atoms with Crippen molar-refractivity contribution in [3.8, 4) is 0 Å². The highest BCUT2D eigenvalue weighted by atomic mass is 19.1. The molecule has 1 aliphatic rings. The molecule has 1 fully saturated rings. The molecular formula is C20H22FNO. The molecule has 120 valence electrons. The highest BCUT2D eigenvalue weighted by molar-refractivity contribution is 5.88. The minimum atomic E-state index is -0.489. The lowest BCUT2D eigenvalue weighted by atomic mass is 9.77. The van der Waals surface area contributed by atoms with E-state index in [2.05, 4.69) is 0 Å². The van der Waals surface area contributed by atoms with Crippen LogP contribution in [0.15, 0.2) is 54.6 Å². The van der Waals surface area contributed by atoms with E-state index in [1.54, 1.807) is 12.1 Å². The van der Waals surface area contributed by atoms with Crippen molar-refractivity contribution in [2.24, 2.45) is 0 Å². The molecule has 2 aromatic carbocycles. The molecule has 1 aliphatic carbocycles. The Balaban J connectivity index is 1.85. The Morgan fingerprint density at radius 1 is 1.04 bits per heavy atom. The molecule has 2 nitrogen and oxygen atoms in total. The number of likely N-dealkylation sites (N-methyl/N-ethyl adjacent to an activating group) is 1. The second-order valence-electron chi connectivity index (χ2n) is 6.44. The van der Waals surface area contributed by atoms with E-state index < -0.39 is 5.41 Å². The van der Waals surface area contributed by atoms with Gasteiger partial charge >= 0.3 is 0 Å². The summed E-state index contributed by atoms with van der Waals surface area (Å²) in [5.41, 5.74) is 1.58. The van der Waals surface area contributed by atoms with Crippen LogP contribution < -0.4 is 0 Å². The highest BCUT2D eigenvalue weighted by Crippen LogP contribution is 2.42. The van der Waals surface area contributed by atoms with Crippen molar-refractivity contribution in [3.63, 3.8) is 0 Å². The third-order valence-corrected chi connectivity index (χ3v) is 4.87. The van der Waals surface area contributed by atoms with E-state index in [-0.39, 0.29) is 11.7 Å². The second-order valence-corrected chi connectivity index (χ2v) is 6.44. The van der Waals surface area contributed by atoms with Crippen LogP contribution in [0.25, 0.3) is 0 Å². The van der Waals surface area contributed by atoms with Crippen molar-refractivity contribution < 1.29 is 9.18 Å². The summed E-state index contributed by atoms with van der Waals surface area (Å²) in [6, 6.07) is 16.5. The number of benzene rings is 2. The number of amides is 1. The summed E-state index contributed by atoms with van der Waals surface area (Å²) in [4.78, 5) is 15.0. The first-order valence-electron chi connectivity index (χ1n) is 8.17. The van der Waals surface area contributed by atoms with E-state index in [4.69, 9.17) is 0 Å². The van der Waals surface area contributed by atoms with E-state index >= 15 is 0 Å². The number of rotatable bonds is 4. The van der Waals surface area contributed by atoms with Gasteiger partial charge in [-0.05, 0) is 36.1 Å². The second kappa shape index (κ2) is 6.53. The zero-order valence-electron chi connectivity index (χ0n) is 13.5. The van der Waals surface area contributed by atoms with Crippen LogP contribution in [-0.4, -0.2) is 17.9 Å². The summed E-state index contributed by atoms with van der Waals surface area (Å²) in [5.74, 6) is -0.113. The van der Waals surface area contributed by atoms with Crippen molar-refractivity contribution in [2.45, 2.75) is 37.6 Å². The summed E-state index contributed by atoms with van der Waals surface area (Å²) < 4.78 is 13.3. The standard InChI is InChI=1S/C20H22FNO/c1-22(15-16-7-3-2-4-8-16)19(23)20(13-5-6-14-20)17-9-11-18(21)12-10-17/h2-4,7-12H,5-6,13-15H2,1H3. The fourth-order valence-electron chi connectivity index (χ4n) is 3.67. The summed E-state index contributed by atoms with van der Waals surface area (Å²) >= 11 is 0. The van der Waals surface area contributed by atoms with Gasteiger partial charge in [0.15, 0.2) is 0 Å². The van der Waals surface area contributed by atoms with E-state index in [0.717, 1.165) is 36.8 Å². The van der Waals surface area contributed by atoms with Gasteiger partial charge in [-0.2, -0.15) is 0 Å². The third-order valence-electron chi connectivity index (χ3n) is 4.87. The summed E-state index contributed by atoms with van der Waals surface area (Å²) in [7, 11) is 1.86. The predicted octanol–water partition coefficient (Wildman–Crippen LogP) is 4.30. The van der Waals surface area contributed by atoms with Crippen molar-refractivity contribution >= 4 is 5.91 Å². The molecule has 0 radical (unpaired) electrons. The molecule has 0 N–H and O–H groups in total. The molecule has 23 heavy (non-hydrogen) atoms. The monoisotopic (exact) mass is 311 g/mol. The topological polar surface area (TPSA) is 20.3 Å². The normalized spacial score (nSPS) is 16.3. The largest absolute Gasteiger partial charge is 0.341 e. The molecule has 3 rings (SSSR count). The van der Waals surface area contributed by atoms with Gasteiger partial charge in [0.05, 0.1) is 5.41 Å². The van der Waals surface area contributed by atoms with Gasteiger partial charge in [0.2, 0.25) is 5.91 Å². The van der Waals surface area contributed by atoms with Gasteiger partial charge in [-0.25, -0.2) is 4.39 Å². The maximum Gasteiger partial charge on any atom is 0.233 e. The molecule has 0 heterocycles. The molecule has 0 spiro atoms. The van der Waals surface area contributed by atoms with Crippen LogP contribution in [0.4, 0.5) is 4.39 Å². The first kappa shape index (κ1) is 15.7. The lowest BCUT2D eigenvalue weighted by Crippen LogP contribution is -2.43. The molecule has 0 aromatic heterocycles. The SMILES string of the molecule is CN(Cc1ccccc1)C(=O)C1(c2ccc(F)cc2)CCCC1. The third kappa shape index (κ3) is 3.14. The van der Waals surface area contributed by atoms with Gasteiger partial charge in [0.25, 0.3) is 0 Å². The fraction of sp³-hybridized carbons (Fsp3) is 0.350. The summed E-state index contributed by atoms with van der Waals surface area (Å²) in [5, 5.41) is 0. The fourth-order valence-corrected chi connectivity index (χ4v) is 3.67. The maximum atomic E-state index is 13.3. The quantitative estimate of drug-likeness (QED) is 0.824. The van der Waals surface area contributed by atoms with Gasteiger partial charge in [0.1, 0.15) is 5.82 Å². The Morgan fingerprint density at radius 2 is 1.65 bits per heavy atom. The van der Waals surface area contributed by atoms with E-state index in [1.165, 1.54) is 12.1 Å². The molecule has 0 atom stereocenters. The molecule has 2 aromatic rings. The van der Waals surface area contributed by atoms with E-state index in [1.807, 2.05) is 42.3 Å². The Hall–Kier alpha value is -2.16. The molecule has 0 aliphatic heterocycles. The minimum absolute atomic E-state index is 0.144. The van der Waals surface area contributed by atoms with E-state index in [0.29, 0.717) is 6.54 Å². The molecule has 0 bridgehead atoms. The summed E-state index contributed by atoms with van der Waals surface area (Å²) in [6.07, 6.45) is 3.78. The highest BCUT2D eigenvalue weighted by Gasteiger charge is 2.44. The average molecular weight is 311 g/mol. The lowest BCUT2D eigenvalue weighted by Gasteiger charge is -2.33. The minimum Gasteiger partial charge on any atom is -0.341 e. The Bertz CT molecular complexity index is 660. The first-order chi connectivity index (χ1) is 11.1. The number of hydrogen-bond acceptors (Lipinski definition) is 1. The van der Waals surface area contributed by atoms with Crippen LogP contribution in [-0.2, 0) is 16.8 Å². The molecular weight excluding hydrogens is 289 g/mol. The van der Waals surface area contributed by atoms with E-state index in [9.17, 15) is 9.18 Å². The van der Waals surface area contributed by atoms with Crippen molar-refractivity contribution in [1.29, 1.82) is 0 Å². The number of nitrogens with zero attached hydrogens (tertiary/aromatic N) is 1. The zero-order chi connectivity index (χ0) is 16.3. The predicted molar refractivity (Wildman–Crippen MR) is 89.5 cm³/mol. The lowest BCUT2D eigenvalue weighted by molar-refractivity contribution is -0.136. The summed E-state index contributed by atoms with van der Waals surface area (Å²) in [6.45, 7) is 0.600. The molecule has 3 heteroatoms. The Labute approximate surface area is 136 Å². The van der Waals surface area contributed by atoms with Crippen LogP contribution in [0.1, 0.15) is 36.8 Å². The molecule has 1 amide bonds. The maximum absolute atomic E-state index is 13.3. The first-order valence-corrected chi connectivity index (χ1v) is 8.17. The van der Waals surface area contributed by atoms with Gasteiger partial charge in [-0.15, -0.1) is 0 Å². The number of carbonyl (C=O) groups excluding carboxylic acids is 1. The Kier molecular flexibility index (Phi) is 4.46. The number of hydrogen-bond donors (Lipinski definition) is 0. The van der Waals surface area contributed by atoms with Crippen LogP contribution >= 0.6 is 0 Å². The van der Waals surface area contributed by atoms with Gasteiger partial charge in [-0.1, -0.05) is 55.3 Å². The Morgan fingerprint density at radius 3 is 2.26 bits per heavy atom. The zero-order valence-corrected chi connectivity index (χ0v) is 13.5. The van der Waals surface area contributed by atoms with Crippen molar-refractivity contribution in [2.75, 3.05) is 7.05 Å². The van der Waals surface area contributed by atoms with Crippen LogP contribution in [0, 0.1) is 5.82 Å². The average Bonchev–Trinajstić information content (AvgIpc) is 3.06. The number of carbonyl (C=O) groups is 1. The van der Waals surface area contributed by atoms with Crippen LogP contribution in [0.5, 0.6) is 0 Å². The van der Waals surface area contributed by atoms with Crippen molar-refractivity contribution in [3.05, 3.63) is 71.5 Å². The van der Waals surface area contributed by atoms with Crippen LogP contribution in [0.3, 0.4) is 0 Å². The molecule has 0 unspecified atom stereocenters. The molecule has 0 saturated heterocycles. The van der Waals surface area contributed by atoms with Gasteiger partial charge < -0.3 is 4.90 Å².